The van der Waals surface area contributed by atoms with E-state index in [0.29, 0.717) is 12.8 Å². The molecular formula is C9H16ClN3O2. The van der Waals surface area contributed by atoms with Crippen LogP contribution in [0.5, 0.6) is 0 Å². The normalized spacial score (nSPS) is 21.7. The Hall–Kier alpha value is -0.840. The van der Waals surface area contributed by atoms with Crippen LogP contribution in [0.4, 0.5) is 4.79 Å². The molecule has 1 aliphatic carbocycles. The Morgan fingerprint density at radius 3 is 2.33 bits per heavy atom. The van der Waals surface area contributed by atoms with Crippen LogP contribution in [0.2, 0.25) is 0 Å². The van der Waals surface area contributed by atoms with Crippen LogP contribution in [0.1, 0.15) is 39.0 Å². The van der Waals surface area contributed by atoms with Gasteiger partial charge in [-0.05, 0) is 19.8 Å². The first kappa shape index (κ1) is 12.2. The number of alkyl halides is 1. The van der Waals surface area contributed by atoms with E-state index < -0.39 is 11.6 Å². The molecule has 5 nitrogen and oxygen atoms in total. The van der Waals surface area contributed by atoms with Gasteiger partial charge >= 0.3 is 6.03 Å². The second kappa shape index (κ2) is 4.79. The molecule has 0 saturated heterocycles. The number of nitroso groups, excluding NO2 is 1. The number of primary amides is 1. The zero-order valence-electron chi connectivity index (χ0n) is 8.78. The van der Waals surface area contributed by atoms with Gasteiger partial charge in [-0.25, -0.2) is 4.79 Å². The van der Waals surface area contributed by atoms with E-state index in [9.17, 15) is 9.70 Å². The molecule has 1 rings (SSSR count). The number of amides is 2. The fourth-order valence-electron chi connectivity index (χ4n) is 2.28. The Labute approximate surface area is 93.9 Å². The highest BCUT2D eigenvalue weighted by Gasteiger charge is 2.45. The molecule has 1 atom stereocenters. The number of carbonyl (C=O) groups excluding carboxylic acids is 1. The number of urea groups is 1. The molecule has 1 fully saturated rings. The third-order valence-electron chi connectivity index (χ3n) is 3.17. The topological polar surface area (TPSA) is 75.8 Å². The van der Waals surface area contributed by atoms with Crippen LogP contribution < -0.4 is 5.73 Å². The molecule has 0 radical (unpaired) electrons. The van der Waals surface area contributed by atoms with Gasteiger partial charge in [-0.2, -0.15) is 5.01 Å². The van der Waals surface area contributed by atoms with E-state index in [-0.39, 0.29) is 5.38 Å². The Morgan fingerprint density at radius 2 is 2.00 bits per heavy atom. The van der Waals surface area contributed by atoms with E-state index in [1.165, 1.54) is 0 Å². The predicted molar refractivity (Wildman–Crippen MR) is 58.3 cm³/mol. The Balaban J connectivity index is 2.97. The zero-order valence-corrected chi connectivity index (χ0v) is 9.54. The molecule has 15 heavy (non-hydrogen) atoms. The minimum atomic E-state index is -0.820. The Morgan fingerprint density at radius 1 is 1.47 bits per heavy atom. The summed E-state index contributed by atoms with van der Waals surface area (Å²) in [6.07, 6.45) is 4.35. The minimum Gasteiger partial charge on any atom is -0.350 e. The van der Waals surface area contributed by atoms with Gasteiger partial charge in [0.05, 0.1) is 16.2 Å². The minimum absolute atomic E-state index is 0.331. The molecule has 0 aromatic carbocycles. The molecule has 0 spiro atoms. The molecule has 6 heteroatoms. The number of rotatable bonds is 3. The highest BCUT2D eigenvalue weighted by atomic mass is 35.5. The summed E-state index contributed by atoms with van der Waals surface area (Å²) in [5.41, 5.74) is 4.45. The van der Waals surface area contributed by atoms with Gasteiger partial charge in [-0.3, -0.25) is 0 Å². The van der Waals surface area contributed by atoms with Crippen molar-refractivity contribution < 1.29 is 4.79 Å². The lowest BCUT2D eigenvalue weighted by molar-refractivity contribution is 0.0824. The lowest BCUT2D eigenvalue weighted by atomic mass is 9.79. The average molecular weight is 234 g/mol. The van der Waals surface area contributed by atoms with Gasteiger partial charge in [-0.15, -0.1) is 16.5 Å². The molecule has 86 valence electrons. The first-order chi connectivity index (χ1) is 7.04. The maximum atomic E-state index is 11.1. The molecule has 0 heterocycles. The third-order valence-corrected chi connectivity index (χ3v) is 3.58. The number of halogens is 1. The first-order valence-electron chi connectivity index (χ1n) is 5.11. The van der Waals surface area contributed by atoms with Gasteiger partial charge in [0, 0.05) is 0 Å². The van der Waals surface area contributed by atoms with Gasteiger partial charge in [0.15, 0.2) is 0 Å². The van der Waals surface area contributed by atoms with Crippen molar-refractivity contribution >= 4 is 17.6 Å². The number of hydrogen-bond acceptors (Lipinski definition) is 3. The van der Waals surface area contributed by atoms with Crippen molar-refractivity contribution in [3.8, 4) is 0 Å². The van der Waals surface area contributed by atoms with Crippen molar-refractivity contribution in [1.29, 1.82) is 0 Å². The molecular weight excluding hydrogens is 218 g/mol. The highest BCUT2D eigenvalue weighted by Crippen LogP contribution is 2.38. The number of carbonyl (C=O) groups is 1. The van der Waals surface area contributed by atoms with Crippen molar-refractivity contribution in [3.05, 3.63) is 4.91 Å². The largest absolute Gasteiger partial charge is 0.350 e. The Bertz CT molecular complexity index is 252. The molecule has 1 saturated carbocycles. The molecule has 2 amide bonds. The summed E-state index contributed by atoms with van der Waals surface area (Å²) in [7, 11) is 0. The fraction of sp³-hybridized carbons (Fsp3) is 0.889. The molecule has 0 aliphatic heterocycles. The SMILES string of the molecule is CC(Cl)C1(N(N=O)C(N)=O)CCCCC1. The van der Waals surface area contributed by atoms with E-state index in [0.717, 1.165) is 24.3 Å². The summed E-state index contributed by atoms with van der Waals surface area (Å²) in [5.74, 6) is 0. The van der Waals surface area contributed by atoms with Crippen molar-refractivity contribution in [3.63, 3.8) is 0 Å². The lowest BCUT2D eigenvalue weighted by Crippen LogP contribution is -2.56. The van der Waals surface area contributed by atoms with Crippen LogP contribution >= 0.6 is 11.6 Å². The molecule has 0 bridgehead atoms. The van der Waals surface area contributed by atoms with Crippen LogP contribution in [0, 0.1) is 4.91 Å². The van der Waals surface area contributed by atoms with Crippen LogP contribution in [0.3, 0.4) is 0 Å². The van der Waals surface area contributed by atoms with Crippen molar-refractivity contribution in [1.82, 2.24) is 5.01 Å². The summed E-state index contributed by atoms with van der Waals surface area (Å²) < 4.78 is 0. The first-order valence-corrected chi connectivity index (χ1v) is 5.55. The van der Waals surface area contributed by atoms with E-state index in [1.54, 1.807) is 6.92 Å². The van der Waals surface area contributed by atoms with Crippen LogP contribution in [0.15, 0.2) is 5.29 Å². The zero-order chi connectivity index (χ0) is 11.5. The van der Waals surface area contributed by atoms with Crippen LogP contribution in [-0.4, -0.2) is 22.0 Å². The van der Waals surface area contributed by atoms with Gasteiger partial charge in [-0.1, -0.05) is 19.3 Å². The van der Waals surface area contributed by atoms with E-state index in [1.807, 2.05) is 0 Å². The maximum Gasteiger partial charge on any atom is 0.338 e. The van der Waals surface area contributed by atoms with Crippen LogP contribution in [-0.2, 0) is 0 Å². The standard InChI is InChI=1S/C9H16ClN3O2/c1-7(10)9(5-3-2-4-6-9)13(12-15)8(11)14/h7H,2-6H2,1H3,(H2,11,14). The van der Waals surface area contributed by atoms with E-state index in [4.69, 9.17) is 17.3 Å². The fourth-order valence-corrected chi connectivity index (χ4v) is 2.59. The Kier molecular flexibility index (Phi) is 3.90. The monoisotopic (exact) mass is 233 g/mol. The lowest BCUT2D eigenvalue weighted by Gasteiger charge is -2.42. The molecule has 0 aromatic rings. The summed E-state index contributed by atoms with van der Waals surface area (Å²) in [5, 5.41) is 3.22. The summed E-state index contributed by atoms with van der Waals surface area (Å²) in [4.78, 5) is 21.8. The van der Waals surface area contributed by atoms with Gasteiger partial charge in [0.25, 0.3) is 0 Å². The molecule has 0 aromatic heterocycles. The van der Waals surface area contributed by atoms with E-state index >= 15 is 0 Å². The smallest absolute Gasteiger partial charge is 0.338 e. The van der Waals surface area contributed by atoms with Gasteiger partial charge < -0.3 is 5.73 Å². The summed E-state index contributed by atoms with van der Waals surface area (Å²) >= 11 is 6.08. The molecule has 1 aliphatic rings. The van der Waals surface area contributed by atoms with Crippen molar-refractivity contribution in [2.45, 2.75) is 49.9 Å². The van der Waals surface area contributed by atoms with Crippen LogP contribution in [0.25, 0.3) is 0 Å². The van der Waals surface area contributed by atoms with Gasteiger partial charge in [0.2, 0.25) is 0 Å². The van der Waals surface area contributed by atoms with Gasteiger partial charge in [0.1, 0.15) is 0 Å². The predicted octanol–water partition coefficient (Wildman–Crippen LogP) is 2.38. The van der Waals surface area contributed by atoms with Crippen molar-refractivity contribution in [2.75, 3.05) is 0 Å². The third kappa shape index (κ3) is 2.22. The average Bonchev–Trinajstić information content (AvgIpc) is 2.19. The second-order valence-corrected chi connectivity index (χ2v) is 4.67. The quantitative estimate of drug-likeness (QED) is 0.462. The number of nitrogens with two attached hydrogens (primary N) is 1. The molecule has 1 unspecified atom stereocenters. The number of nitrogens with zero attached hydrogens (tertiary/aromatic N) is 2. The van der Waals surface area contributed by atoms with E-state index in [2.05, 4.69) is 5.29 Å². The highest BCUT2D eigenvalue weighted by molar-refractivity contribution is 6.21. The molecule has 2 N–H and O–H groups in total. The van der Waals surface area contributed by atoms with Crippen molar-refractivity contribution in [2.24, 2.45) is 11.0 Å². The summed E-state index contributed by atoms with van der Waals surface area (Å²) in [6, 6.07) is -0.820. The number of hydrogen-bond donors (Lipinski definition) is 1. The second-order valence-electron chi connectivity index (χ2n) is 4.01. The summed E-state index contributed by atoms with van der Waals surface area (Å²) in [6.45, 7) is 1.77. The maximum absolute atomic E-state index is 11.1.